The van der Waals surface area contributed by atoms with Crippen LogP contribution < -0.4 is 10.2 Å². The van der Waals surface area contributed by atoms with Gasteiger partial charge in [0, 0.05) is 26.7 Å². The van der Waals surface area contributed by atoms with E-state index in [2.05, 4.69) is 10.3 Å². The molecule has 0 bridgehead atoms. The van der Waals surface area contributed by atoms with Crippen molar-refractivity contribution < 1.29 is 18.0 Å². The molecule has 1 N–H and O–H groups in total. The van der Waals surface area contributed by atoms with Crippen LogP contribution in [0, 0.1) is 17.5 Å². The average Bonchev–Trinajstić information content (AvgIpc) is 3.24. The average molecular weight is 430 g/mol. The van der Waals surface area contributed by atoms with E-state index in [1.165, 1.54) is 35.6 Å². The number of carbonyl (C=O) groups excluding carboxylic acids is 1. The summed E-state index contributed by atoms with van der Waals surface area (Å²) in [5.41, 5.74) is 1.66. The van der Waals surface area contributed by atoms with Gasteiger partial charge in [0.1, 0.15) is 27.8 Å². The Bertz CT molecular complexity index is 1210. The third-order valence-corrected chi connectivity index (χ3v) is 5.51. The molecule has 0 radical (unpaired) electrons. The van der Waals surface area contributed by atoms with E-state index >= 15 is 0 Å². The number of rotatable bonds is 5. The molecule has 30 heavy (non-hydrogen) atoms. The summed E-state index contributed by atoms with van der Waals surface area (Å²) >= 11 is 1.23. The molecule has 4 aromatic rings. The molecule has 4 rings (SSSR count). The summed E-state index contributed by atoms with van der Waals surface area (Å²) in [5, 5.41) is 2.67. The molecule has 2 heterocycles. The highest BCUT2D eigenvalue weighted by molar-refractivity contribution is 7.20. The Morgan fingerprint density at radius 3 is 2.33 bits per heavy atom. The smallest absolute Gasteiger partial charge is 0.261 e. The number of benzene rings is 2. The van der Waals surface area contributed by atoms with Crippen LogP contribution >= 0.6 is 11.3 Å². The number of nitrogens with zero attached hydrogens (tertiary/aromatic N) is 3. The second-order valence-electron chi connectivity index (χ2n) is 6.88. The number of aromatic nitrogens is 2. The molecule has 0 aliphatic heterocycles. The van der Waals surface area contributed by atoms with Crippen molar-refractivity contribution in [1.29, 1.82) is 0 Å². The third kappa shape index (κ3) is 3.88. The van der Waals surface area contributed by atoms with Gasteiger partial charge in [-0.25, -0.2) is 18.2 Å². The maximum atomic E-state index is 13.4. The fourth-order valence-electron chi connectivity index (χ4n) is 3.08. The van der Waals surface area contributed by atoms with Crippen LogP contribution in [0.4, 0.5) is 19.1 Å². The van der Waals surface area contributed by atoms with Crippen molar-refractivity contribution in [3.05, 3.63) is 76.4 Å². The predicted octanol–water partition coefficient (Wildman–Crippen LogP) is 4.50. The van der Waals surface area contributed by atoms with E-state index in [9.17, 15) is 18.0 Å². The largest absolute Gasteiger partial charge is 0.348 e. The number of hydrogen-bond donors (Lipinski definition) is 1. The molecular weight excluding hydrogens is 413 g/mol. The zero-order valence-electron chi connectivity index (χ0n) is 16.1. The summed E-state index contributed by atoms with van der Waals surface area (Å²) in [6.45, 7) is -0.00995. The van der Waals surface area contributed by atoms with Crippen molar-refractivity contribution in [2.45, 2.75) is 6.54 Å². The molecular formula is C21H17F3N4OS. The Morgan fingerprint density at radius 2 is 1.70 bits per heavy atom. The zero-order chi connectivity index (χ0) is 21.4. The van der Waals surface area contributed by atoms with E-state index in [0.29, 0.717) is 27.6 Å². The predicted molar refractivity (Wildman–Crippen MR) is 111 cm³/mol. The fraction of sp³-hybridized carbons (Fsp3) is 0.143. The lowest BCUT2D eigenvalue weighted by Gasteiger charge is -2.14. The number of carbonyl (C=O) groups is 1. The summed E-state index contributed by atoms with van der Waals surface area (Å²) < 4.78 is 41.8. The van der Waals surface area contributed by atoms with Crippen LogP contribution in [0.25, 0.3) is 16.0 Å². The van der Waals surface area contributed by atoms with Crippen molar-refractivity contribution in [1.82, 2.24) is 14.9 Å². The zero-order valence-corrected chi connectivity index (χ0v) is 16.9. The summed E-state index contributed by atoms with van der Waals surface area (Å²) in [6.07, 6.45) is 0. The lowest BCUT2D eigenvalue weighted by atomic mass is 10.2. The Balaban J connectivity index is 1.64. The Hall–Kier alpha value is -3.33. The van der Waals surface area contributed by atoms with Gasteiger partial charge in [0.25, 0.3) is 5.91 Å². The monoisotopic (exact) mass is 430 g/mol. The van der Waals surface area contributed by atoms with Gasteiger partial charge in [0.05, 0.1) is 10.6 Å². The van der Waals surface area contributed by atoms with E-state index in [1.54, 1.807) is 18.2 Å². The second-order valence-corrected chi connectivity index (χ2v) is 7.91. The fourth-order valence-corrected chi connectivity index (χ4v) is 4.11. The molecule has 154 valence electrons. The first kappa shape index (κ1) is 20.0. The molecule has 0 unspecified atom stereocenters. The van der Waals surface area contributed by atoms with Crippen molar-refractivity contribution in [3.8, 4) is 5.69 Å². The van der Waals surface area contributed by atoms with Crippen LogP contribution in [0.3, 0.4) is 0 Å². The number of imidazole rings is 1. The van der Waals surface area contributed by atoms with Crippen molar-refractivity contribution in [2.24, 2.45) is 0 Å². The van der Waals surface area contributed by atoms with Gasteiger partial charge < -0.3 is 10.2 Å². The van der Waals surface area contributed by atoms with Gasteiger partial charge in [-0.1, -0.05) is 0 Å². The first-order valence-corrected chi connectivity index (χ1v) is 9.82. The first-order chi connectivity index (χ1) is 14.3. The minimum absolute atomic E-state index is 0.00995. The van der Waals surface area contributed by atoms with Gasteiger partial charge in [-0.05, 0) is 48.0 Å². The molecule has 0 fully saturated rings. The number of nitrogens with one attached hydrogen (secondary N) is 1. The quantitative estimate of drug-likeness (QED) is 0.507. The van der Waals surface area contributed by atoms with Gasteiger partial charge in [0.15, 0.2) is 0 Å². The van der Waals surface area contributed by atoms with Gasteiger partial charge >= 0.3 is 0 Å². The highest BCUT2D eigenvalue weighted by atomic mass is 32.1. The topological polar surface area (TPSA) is 50.2 Å². The van der Waals surface area contributed by atoms with E-state index in [-0.39, 0.29) is 18.3 Å². The molecule has 0 spiro atoms. The Labute approximate surface area is 174 Å². The van der Waals surface area contributed by atoms with Crippen molar-refractivity contribution >= 4 is 33.5 Å². The molecule has 0 saturated carbocycles. The standard InChI is InChI=1S/C21H17F3N4OS/c1-27(2)21-26-17-10-18(19(29)25-11-12-7-14(23)9-15(24)8-12)30-20(17)28(21)16-5-3-13(22)4-6-16/h3-10H,11H2,1-2H3,(H,25,29). The summed E-state index contributed by atoms with van der Waals surface area (Å²) in [7, 11) is 3.69. The van der Waals surface area contributed by atoms with E-state index < -0.39 is 11.6 Å². The normalized spacial score (nSPS) is 11.1. The Kier molecular flexibility index (Phi) is 5.21. The van der Waals surface area contributed by atoms with Crippen LogP contribution in [0.5, 0.6) is 0 Å². The number of halogens is 3. The minimum atomic E-state index is -0.699. The minimum Gasteiger partial charge on any atom is -0.348 e. The number of thiophene rings is 1. The molecule has 0 aliphatic carbocycles. The van der Waals surface area contributed by atoms with Crippen LogP contribution in [0.2, 0.25) is 0 Å². The Morgan fingerprint density at radius 1 is 1.03 bits per heavy atom. The highest BCUT2D eigenvalue weighted by Crippen LogP contribution is 2.32. The van der Waals surface area contributed by atoms with Gasteiger partial charge in [-0.15, -0.1) is 11.3 Å². The van der Waals surface area contributed by atoms with Gasteiger partial charge in [-0.2, -0.15) is 0 Å². The number of amides is 1. The van der Waals surface area contributed by atoms with Gasteiger partial charge in [0.2, 0.25) is 5.95 Å². The first-order valence-electron chi connectivity index (χ1n) is 9.00. The molecule has 5 nitrogen and oxygen atoms in total. The summed E-state index contributed by atoms with van der Waals surface area (Å²) in [5.74, 6) is -1.48. The number of fused-ring (bicyclic) bond motifs is 1. The van der Waals surface area contributed by atoms with E-state index in [1.807, 2.05) is 23.6 Å². The molecule has 2 aromatic heterocycles. The van der Waals surface area contributed by atoms with Crippen LogP contribution in [-0.4, -0.2) is 29.6 Å². The van der Waals surface area contributed by atoms with Crippen LogP contribution in [-0.2, 0) is 6.54 Å². The molecule has 0 atom stereocenters. The molecule has 0 aliphatic rings. The summed E-state index contributed by atoms with van der Waals surface area (Å²) in [4.78, 5) is 20.1. The lowest BCUT2D eigenvalue weighted by Crippen LogP contribution is -2.22. The second kappa shape index (κ2) is 7.83. The lowest BCUT2D eigenvalue weighted by molar-refractivity contribution is 0.0955. The highest BCUT2D eigenvalue weighted by Gasteiger charge is 2.20. The van der Waals surface area contributed by atoms with Crippen molar-refractivity contribution in [2.75, 3.05) is 19.0 Å². The molecule has 1 amide bonds. The van der Waals surface area contributed by atoms with Gasteiger partial charge in [-0.3, -0.25) is 9.36 Å². The van der Waals surface area contributed by atoms with E-state index in [0.717, 1.165) is 10.9 Å². The van der Waals surface area contributed by atoms with Crippen LogP contribution in [0.1, 0.15) is 15.2 Å². The molecule has 2 aromatic carbocycles. The maximum Gasteiger partial charge on any atom is 0.261 e. The SMILES string of the molecule is CN(C)c1nc2cc(C(=O)NCc3cc(F)cc(F)c3)sc2n1-c1ccc(F)cc1. The third-order valence-electron chi connectivity index (χ3n) is 4.40. The maximum absolute atomic E-state index is 13.4. The molecule has 9 heteroatoms. The van der Waals surface area contributed by atoms with E-state index in [4.69, 9.17) is 0 Å². The van der Waals surface area contributed by atoms with Crippen molar-refractivity contribution in [3.63, 3.8) is 0 Å². The molecule has 0 saturated heterocycles. The number of hydrogen-bond acceptors (Lipinski definition) is 4. The van der Waals surface area contributed by atoms with Crippen LogP contribution in [0.15, 0.2) is 48.5 Å². The summed E-state index contributed by atoms with van der Waals surface area (Å²) in [6, 6.07) is 10.8. The number of anilines is 1.